The van der Waals surface area contributed by atoms with Crippen LogP contribution in [0, 0.1) is 6.92 Å². The first-order valence-corrected chi connectivity index (χ1v) is 5.57. The molecule has 1 aromatic rings. The van der Waals surface area contributed by atoms with Crippen LogP contribution < -0.4 is 10.1 Å². The normalized spacial score (nSPS) is 12.5. The molecule has 0 bridgehead atoms. The number of aryl methyl sites for hydroxylation is 1. The van der Waals surface area contributed by atoms with Gasteiger partial charge in [0.05, 0.1) is 11.6 Å². The van der Waals surface area contributed by atoms with Crippen LogP contribution >= 0.6 is 11.6 Å². The Labute approximate surface area is 96.6 Å². The highest BCUT2D eigenvalue weighted by Gasteiger charge is 2.02. The minimum Gasteiger partial charge on any atom is -0.492 e. The molecule has 0 saturated carbocycles. The molecule has 3 heteroatoms. The van der Waals surface area contributed by atoms with Crippen LogP contribution in [0.2, 0.25) is 5.02 Å². The summed E-state index contributed by atoms with van der Waals surface area (Å²) in [5.74, 6) is 0.769. The van der Waals surface area contributed by atoms with E-state index in [0.717, 1.165) is 17.7 Å². The van der Waals surface area contributed by atoms with Crippen LogP contribution in [-0.4, -0.2) is 19.7 Å². The van der Waals surface area contributed by atoms with Crippen LogP contribution in [0.1, 0.15) is 18.9 Å². The number of hydrogen-bond donors (Lipinski definition) is 1. The van der Waals surface area contributed by atoms with Gasteiger partial charge in [-0.05, 0) is 45.0 Å². The molecule has 0 spiro atoms. The maximum absolute atomic E-state index is 6.04. The summed E-state index contributed by atoms with van der Waals surface area (Å²) in [4.78, 5) is 0. The van der Waals surface area contributed by atoms with Gasteiger partial charge >= 0.3 is 0 Å². The Hall–Kier alpha value is -0.730. The summed E-state index contributed by atoms with van der Waals surface area (Å²) >= 11 is 6.04. The minimum absolute atomic E-state index is 0.467. The largest absolute Gasteiger partial charge is 0.492 e. The molecule has 1 unspecified atom stereocenters. The summed E-state index contributed by atoms with van der Waals surface area (Å²) in [5.41, 5.74) is 1.15. The van der Waals surface area contributed by atoms with Crippen molar-refractivity contribution in [2.45, 2.75) is 26.3 Å². The zero-order chi connectivity index (χ0) is 11.3. The van der Waals surface area contributed by atoms with Crippen LogP contribution in [0.3, 0.4) is 0 Å². The molecule has 0 amide bonds. The number of rotatable bonds is 5. The average molecular weight is 228 g/mol. The molecule has 0 fully saturated rings. The Morgan fingerprint density at radius 3 is 2.80 bits per heavy atom. The smallest absolute Gasteiger partial charge is 0.137 e. The maximum atomic E-state index is 6.04. The van der Waals surface area contributed by atoms with Crippen molar-refractivity contribution in [1.82, 2.24) is 5.32 Å². The van der Waals surface area contributed by atoms with E-state index in [-0.39, 0.29) is 0 Å². The first kappa shape index (κ1) is 12.3. The molecule has 1 aromatic carbocycles. The Balaban J connectivity index is 2.44. The first-order chi connectivity index (χ1) is 7.13. The van der Waals surface area contributed by atoms with Crippen LogP contribution in [0.4, 0.5) is 0 Å². The van der Waals surface area contributed by atoms with E-state index in [9.17, 15) is 0 Å². The zero-order valence-electron chi connectivity index (χ0n) is 9.51. The number of halogens is 1. The molecule has 0 saturated heterocycles. The highest BCUT2D eigenvalue weighted by molar-refractivity contribution is 6.32. The molecule has 0 aromatic heterocycles. The first-order valence-electron chi connectivity index (χ1n) is 5.19. The van der Waals surface area contributed by atoms with Gasteiger partial charge in [0, 0.05) is 6.04 Å². The van der Waals surface area contributed by atoms with E-state index in [1.54, 1.807) is 0 Å². The molecule has 2 nitrogen and oxygen atoms in total. The molecule has 0 aliphatic rings. The maximum Gasteiger partial charge on any atom is 0.137 e. The lowest BCUT2D eigenvalue weighted by Crippen LogP contribution is -2.23. The predicted octanol–water partition coefficient (Wildman–Crippen LogP) is 3.03. The standard InChI is InChI=1S/C12H18ClNO/c1-9-4-5-12(11(13)8-9)15-7-6-10(2)14-3/h4-5,8,10,14H,6-7H2,1-3H3. The quantitative estimate of drug-likeness (QED) is 0.835. The number of hydrogen-bond acceptors (Lipinski definition) is 2. The van der Waals surface area contributed by atoms with Crippen molar-refractivity contribution < 1.29 is 4.74 Å². The molecule has 0 aliphatic heterocycles. The lowest BCUT2D eigenvalue weighted by atomic mass is 10.2. The molecule has 0 radical (unpaired) electrons. The fourth-order valence-electron chi connectivity index (χ4n) is 1.21. The molecule has 1 atom stereocenters. The highest BCUT2D eigenvalue weighted by Crippen LogP contribution is 2.25. The van der Waals surface area contributed by atoms with E-state index in [0.29, 0.717) is 17.7 Å². The van der Waals surface area contributed by atoms with Gasteiger partial charge < -0.3 is 10.1 Å². The number of ether oxygens (including phenoxy) is 1. The van der Waals surface area contributed by atoms with Gasteiger partial charge in [-0.25, -0.2) is 0 Å². The summed E-state index contributed by atoms with van der Waals surface area (Å²) in [6.07, 6.45) is 0.973. The van der Waals surface area contributed by atoms with Crippen molar-refractivity contribution in [1.29, 1.82) is 0 Å². The molecular formula is C12H18ClNO. The molecule has 1 N–H and O–H groups in total. The third-order valence-corrected chi connectivity index (χ3v) is 2.68. The minimum atomic E-state index is 0.467. The Morgan fingerprint density at radius 1 is 1.47 bits per heavy atom. The van der Waals surface area contributed by atoms with Crippen LogP contribution in [0.25, 0.3) is 0 Å². The molecule has 15 heavy (non-hydrogen) atoms. The summed E-state index contributed by atoms with van der Waals surface area (Å²) in [7, 11) is 1.95. The van der Waals surface area contributed by atoms with Crippen LogP contribution in [0.15, 0.2) is 18.2 Å². The van der Waals surface area contributed by atoms with Crippen molar-refractivity contribution in [2.75, 3.05) is 13.7 Å². The molecule has 84 valence electrons. The van der Waals surface area contributed by atoms with E-state index in [1.165, 1.54) is 0 Å². The number of benzene rings is 1. The third-order valence-electron chi connectivity index (χ3n) is 2.39. The van der Waals surface area contributed by atoms with Gasteiger partial charge in [-0.1, -0.05) is 17.7 Å². The molecule has 0 aliphatic carbocycles. The van der Waals surface area contributed by atoms with Gasteiger partial charge in [-0.15, -0.1) is 0 Å². The highest BCUT2D eigenvalue weighted by atomic mass is 35.5. The van der Waals surface area contributed by atoms with Crippen molar-refractivity contribution >= 4 is 11.6 Å². The van der Waals surface area contributed by atoms with Crippen molar-refractivity contribution in [3.05, 3.63) is 28.8 Å². The Bertz CT molecular complexity index is 314. The summed E-state index contributed by atoms with van der Waals surface area (Å²) in [5, 5.41) is 3.85. The van der Waals surface area contributed by atoms with Gasteiger partial charge in [0.1, 0.15) is 5.75 Å². The van der Waals surface area contributed by atoms with Crippen molar-refractivity contribution in [3.63, 3.8) is 0 Å². The van der Waals surface area contributed by atoms with Gasteiger partial charge in [0.25, 0.3) is 0 Å². The monoisotopic (exact) mass is 227 g/mol. The van der Waals surface area contributed by atoms with Gasteiger partial charge in [-0.3, -0.25) is 0 Å². The SMILES string of the molecule is CNC(C)CCOc1ccc(C)cc1Cl. The van der Waals surface area contributed by atoms with E-state index in [2.05, 4.69) is 12.2 Å². The Kier molecular flexibility index (Phi) is 4.92. The third kappa shape index (κ3) is 4.10. The second kappa shape index (κ2) is 5.99. The van der Waals surface area contributed by atoms with Crippen molar-refractivity contribution in [3.8, 4) is 5.75 Å². The molecule has 0 heterocycles. The fraction of sp³-hybridized carbons (Fsp3) is 0.500. The van der Waals surface area contributed by atoms with E-state index in [1.807, 2.05) is 32.2 Å². The second-order valence-electron chi connectivity index (χ2n) is 3.76. The Morgan fingerprint density at radius 2 is 2.20 bits per heavy atom. The second-order valence-corrected chi connectivity index (χ2v) is 4.17. The average Bonchev–Trinajstić information content (AvgIpc) is 2.21. The molecule has 1 rings (SSSR count). The summed E-state index contributed by atoms with van der Waals surface area (Å²) in [6, 6.07) is 6.30. The van der Waals surface area contributed by atoms with Gasteiger partial charge in [-0.2, -0.15) is 0 Å². The summed E-state index contributed by atoms with van der Waals surface area (Å²) < 4.78 is 5.59. The number of nitrogens with one attached hydrogen (secondary N) is 1. The van der Waals surface area contributed by atoms with Gasteiger partial charge in [0.2, 0.25) is 0 Å². The lowest BCUT2D eigenvalue weighted by Gasteiger charge is -2.12. The van der Waals surface area contributed by atoms with Gasteiger partial charge in [0.15, 0.2) is 0 Å². The fourth-order valence-corrected chi connectivity index (χ4v) is 1.50. The molecular weight excluding hydrogens is 210 g/mol. The topological polar surface area (TPSA) is 21.3 Å². The van der Waals surface area contributed by atoms with Crippen LogP contribution in [-0.2, 0) is 0 Å². The van der Waals surface area contributed by atoms with E-state index in [4.69, 9.17) is 16.3 Å². The van der Waals surface area contributed by atoms with Crippen molar-refractivity contribution in [2.24, 2.45) is 0 Å². The van der Waals surface area contributed by atoms with Crippen LogP contribution in [0.5, 0.6) is 5.75 Å². The zero-order valence-corrected chi connectivity index (χ0v) is 10.3. The predicted molar refractivity (Wildman–Crippen MR) is 64.8 cm³/mol. The van der Waals surface area contributed by atoms with E-state index >= 15 is 0 Å². The summed E-state index contributed by atoms with van der Waals surface area (Å²) in [6.45, 7) is 4.82. The lowest BCUT2D eigenvalue weighted by molar-refractivity contribution is 0.293. The van der Waals surface area contributed by atoms with E-state index < -0.39 is 0 Å².